The SMILES string of the molecule is Cc1cc(C#N)cc(Cl)c1O. The molecule has 0 atom stereocenters. The van der Waals surface area contributed by atoms with Gasteiger partial charge in [-0.1, -0.05) is 11.6 Å². The van der Waals surface area contributed by atoms with Crippen molar-refractivity contribution in [3.63, 3.8) is 0 Å². The van der Waals surface area contributed by atoms with Crippen LogP contribution < -0.4 is 0 Å². The van der Waals surface area contributed by atoms with E-state index in [1.807, 2.05) is 6.07 Å². The minimum atomic E-state index is 0.0469. The van der Waals surface area contributed by atoms with Crippen molar-refractivity contribution in [3.05, 3.63) is 28.3 Å². The number of hydrogen-bond acceptors (Lipinski definition) is 2. The summed E-state index contributed by atoms with van der Waals surface area (Å²) in [4.78, 5) is 0. The summed E-state index contributed by atoms with van der Waals surface area (Å²) in [7, 11) is 0. The third-order valence-electron chi connectivity index (χ3n) is 1.38. The summed E-state index contributed by atoms with van der Waals surface area (Å²) in [6.07, 6.45) is 0. The molecule has 0 heterocycles. The summed E-state index contributed by atoms with van der Waals surface area (Å²) in [5.74, 6) is 0.0469. The van der Waals surface area contributed by atoms with Gasteiger partial charge < -0.3 is 5.11 Å². The predicted octanol–water partition coefficient (Wildman–Crippen LogP) is 2.23. The molecule has 0 aromatic heterocycles. The first-order valence-electron chi connectivity index (χ1n) is 3.04. The monoisotopic (exact) mass is 167 g/mol. The van der Waals surface area contributed by atoms with E-state index < -0.39 is 0 Å². The van der Waals surface area contributed by atoms with E-state index in [2.05, 4.69) is 0 Å². The highest BCUT2D eigenvalue weighted by Crippen LogP contribution is 2.27. The first-order valence-corrected chi connectivity index (χ1v) is 3.42. The summed E-state index contributed by atoms with van der Waals surface area (Å²) in [6, 6.07) is 4.96. The van der Waals surface area contributed by atoms with Crippen LogP contribution in [0.3, 0.4) is 0 Å². The second-order valence-corrected chi connectivity index (χ2v) is 2.64. The molecule has 0 aliphatic heterocycles. The van der Waals surface area contributed by atoms with Crippen molar-refractivity contribution in [2.75, 3.05) is 0 Å². The van der Waals surface area contributed by atoms with Crippen LogP contribution in [0, 0.1) is 18.3 Å². The van der Waals surface area contributed by atoms with Gasteiger partial charge in [0.25, 0.3) is 0 Å². The molecule has 1 aromatic rings. The number of aryl methyl sites for hydroxylation is 1. The Balaban J connectivity index is 3.35. The maximum atomic E-state index is 9.18. The fourth-order valence-electron chi connectivity index (χ4n) is 0.801. The normalized spacial score (nSPS) is 9.18. The molecule has 0 fully saturated rings. The Morgan fingerprint density at radius 1 is 1.55 bits per heavy atom. The lowest BCUT2D eigenvalue weighted by Crippen LogP contribution is -1.79. The van der Waals surface area contributed by atoms with Crippen molar-refractivity contribution < 1.29 is 5.11 Å². The fourth-order valence-corrected chi connectivity index (χ4v) is 1.07. The van der Waals surface area contributed by atoms with Crippen molar-refractivity contribution in [2.45, 2.75) is 6.92 Å². The van der Waals surface area contributed by atoms with Gasteiger partial charge in [0, 0.05) is 0 Å². The highest BCUT2D eigenvalue weighted by molar-refractivity contribution is 6.32. The second kappa shape index (κ2) is 2.81. The Labute approximate surface area is 69.7 Å². The molecule has 1 N–H and O–H groups in total. The molecular weight excluding hydrogens is 162 g/mol. The summed E-state index contributed by atoms with van der Waals surface area (Å²) < 4.78 is 0. The average molecular weight is 168 g/mol. The van der Waals surface area contributed by atoms with Gasteiger partial charge >= 0.3 is 0 Å². The molecule has 0 saturated carbocycles. The van der Waals surface area contributed by atoms with Gasteiger partial charge in [0.1, 0.15) is 5.75 Å². The predicted molar refractivity (Wildman–Crippen MR) is 42.6 cm³/mol. The summed E-state index contributed by atoms with van der Waals surface area (Å²) in [5.41, 5.74) is 1.08. The van der Waals surface area contributed by atoms with Crippen molar-refractivity contribution in [3.8, 4) is 11.8 Å². The van der Waals surface area contributed by atoms with Crippen LogP contribution in [-0.4, -0.2) is 5.11 Å². The van der Waals surface area contributed by atoms with Gasteiger partial charge in [-0.3, -0.25) is 0 Å². The summed E-state index contributed by atoms with van der Waals surface area (Å²) in [5, 5.41) is 17.9. The van der Waals surface area contributed by atoms with Gasteiger partial charge in [-0.05, 0) is 24.6 Å². The summed E-state index contributed by atoms with van der Waals surface area (Å²) in [6.45, 7) is 1.70. The van der Waals surface area contributed by atoms with Crippen molar-refractivity contribution in [2.24, 2.45) is 0 Å². The number of hydrogen-bond donors (Lipinski definition) is 1. The van der Waals surface area contributed by atoms with Gasteiger partial charge in [-0.15, -0.1) is 0 Å². The number of halogens is 1. The van der Waals surface area contributed by atoms with E-state index in [0.29, 0.717) is 11.1 Å². The first-order chi connectivity index (χ1) is 5.15. The highest BCUT2D eigenvalue weighted by atomic mass is 35.5. The number of phenolic OH excluding ortho intramolecular Hbond substituents is 1. The van der Waals surface area contributed by atoms with Crippen LogP contribution in [0.4, 0.5) is 0 Å². The van der Waals surface area contributed by atoms with Crippen LogP contribution in [0.2, 0.25) is 5.02 Å². The smallest absolute Gasteiger partial charge is 0.137 e. The topological polar surface area (TPSA) is 44.0 Å². The average Bonchev–Trinajstić information content (AvgIpc) is 1.99. The Morgan fingerprint density at radius 3 is 2.64 bits per heavy atom. The van der Waals surface area contributed by atoms with Crippen molar-refractivity contribution >= 4 is 11.6 Å². The molecule has 11 heavy (non-hydrogen) atoms. The zero-order chi connectivity index (χ0) is 8.43. The molecule has 0 saturated heterocycles. The van der Waals surface area contributed by atoms with Crippen molar-refractivity contribution in [1.29, 1.82) is 5.26 Å². The lowest BCUT2D eigenvalue weighted by atomic mass is 10.1. The molecular formula is C8H6ClNO. The molecule has 56 valence electrons. The van der Waals surface area contributed by atoms with Crippen LogP contribution in [0.25, 0.3) is 0 Å². The largest absolute Gasteiger partial charge is 0.506 e. The van der Waals surface area contributed by atoms with Gasteiger partial charge in [0.15, 0.2) is 0 Å². The van der Waals surface area contributed by atoms with Crippen LogP contribution in [0.5, 0.6) is 5.75 Å². The third kappa shape index (κ3) is 1.44. The second-order valence-electron chi connectivity index (χ2n) is 2.24. The van der Waals surface area contributed by atoms with Gasteiger partial charge in [-0.25, -0.2) is 0 Å². The zero-order valence-electron chi connectivity index (χ0n) is 5.93. The van der Waals surface area contributed by atoms with E-state index in [1.54, 1.807) is 13.0 Å². The van der Waals surface area contributed by atoms with E-state index in [1.165, 1.54) is 6.07 Å². The first kappa shape index (κ1) is 7.90. The minimum absolute atomic E-state index is 0.0469. The van der Waals surface area contributed by atoms with Gasteiger partial charge in [0.2, 0.25) is 0 Å². The molecule has 0 aliphatic rings. The molecule has 3 heteroatoms. The maximum Gasteiger partial charge on any atom is 0.137 e. The lowest BCUT2D eigenvalue weighted by Gasteiger charge is -2.00. The highest BCUT2D eigenvalue weighted by Gasteiger charge is 2.03. The fraction of sp³-hybridized carbons (Fsp3) is 0.125. The molecule has 0 aliphatic carbocycles. The van der Waals surface area contributed by atoms with Crippen LogP contribution >= 0.6 is 11.6 Å². The van der Waals surface area contributed by atoms with E-state index in [4.69, 9.17) is 16.9 Å². The Bertz CT molecular complexity index is 304. The van der Waals surface area contributed by atoms with Crippen LogP contribution in [0.1, 0.15) is 11.1 Å². The van der Waals surface area contributed by atoms with Gasteiger partial charge in [-0.2, -0.15) is 5.26 Å². The Kier molecular flexibility index (Phi) is 2.02. The van der Waals surface area contributed by atoms with Gasteiger partial charge in [0.05, 0.1) is 16.7 Å². The van der Waals surface area contributed by atoms with Crippen molar-refractivity contribution in [1.82, 2.24) is 0 Å². The molecule has 0 spiro atoms. The quantitative estimate of drug-likeness (QED) is 0.644. The van der Waals surface area contributed by atoms with Crippen LogP contribution in [-0.2, 0) is 0 Å². The molecule has 0 unspecified atom stereocenters. The number of aromatic hydroxyl groups is 1. The molecule has 1 aromatic carbocycles. The minimum Gasteiger partial charge on any atom is -0.506 e. The molecule has 0 amide bonds. The van der Waals surface area contributed by atoms with E-state index in [0.717, 1.165) is 0 Å². The Hall–Kier alpha value is -1.20. The summed E-state index contributed by atoms with van der Waals surface area (Å²) >= 11 is 5.60. The number of nitriles is 1. The number of rotatable bonds is 0. The molecule has 2 nitrogen and oxygen atoms in total. The van der Waals surface area contributed by atoms with Crippen LogP contribution in [0.15, 0.2) is 12.1 Å². The number of nitrogens with zero attached hydrogens (tertiary/aromatic N) is 1. The molecule has 1 rings (SSSR count). The van der Waals surface area contributed by atoms with E-state index >= 15 is 0 Å². The molecule has 0 radical (unpaired) electrons. The maximum absolute atomic E-state index is 9.18. The third-order valence-corrected chi connectivity index (χ3v) is 1.67. The van der Waals surface area contributed by atoms with E-state index in [9.17, 15) is 5.11 Å². The van der Waals surface area contributed by atoms with E-state index in [-0.39, 0.29) is 10.8 Å². The molecule has 0 bridgehead atoms. The number of benzene rings is 1. The zero-order valence-corrected chi connectivity index (χ0v) is 6.68. The Morgan fingerprint density at radius 2 is 2.18 bits per heavy atom. The lowest BCUT2D eigenvalue weighted by molar-refractivity contribution is 0.471. The number of phenols is 1. The standard InChI is InChI=1S/C8H6ClNO/c1-5-2-6(4-10)3-7(9)8(5)11/h2-3,11H,1H3.